The van der Waals surface area contributed by atoms with Gasteiger partial charge in [-0.3, -0.25) is 29.5 Å². The second-order valence-corrected chi connectivity index (χ2v) is 13.6. The molecule has 3 fully saturated rings. The van der Waals surface area contributed by atoms with Crippen LogP contribution in [0.15, 0.2) is 72.3 Å². The summed E-state index contributed by atoms with van der Waals surface area (Å²) in [7, 11) is 1.51. The van der Waals surface area contributed by atoms with Crippen molar-refractivity contribution >= 4 is 52.5 Å². The number of ether oxygens (including phenoxy) is 1. The Kier molecular flexibility index (Phi) is 7.99. The number of nitrogens with zero attached hydrogens (tertiary/aromatic N) is 2. The van der Waals surface area contributed by atoms with E-state index in [9.17, 15) is 19.5 Å². The van der Waals surface area contributed by atoms with Crippen molar-refractivity contribution in [2.45, 2.75) is 37.5 Å². The van der Waals surface area contributed by atoms with Gasteiger partial charge in [-0.25, -0.2) is 4.39 Å². The number of likely N-dealkylation sites (tertiary alicyclic amines) is 1. The Balaban J connectivity index is 1.46. The Bertz CT molecular complexity index is 1900. The highest BCUT2D eigenvalue weighted by atomic mass is 35.5. The highest BCUT2D eigenvalue weighted by Gasteiger charge is 2.70. The predicted octanol–water partition coefficient (Wildman–Crippen LogP) is 6.24. The zero-order valence-electron chi connectivity index (χ0n) is 26.1. The van der Waals surface area contributed by atoms with Crippen molar-refractivity contribution in [1.29, 1.82) is 0 Å². The fraction of sp³-hybridized carbons (Fsp3) is 0.333. The zero-order valence-corrected chi connectivity index (χ0v) is 27.6. The van der Waals surface area contributed by atoms with E-state index in [2.05, 4.69) is 5.43 Å². The molecular formula is C36H32Cl2FN3O6. The van der Waals surface area contributed by atoms with Gasteiger partial charge in [0.2, 0.25) is 11.8 Å². The van der Waals surface area contributed by atoms with E-state index in [1.54, 1.807) is 36.4 Å². The third-order valence-corrected chi connectivity index (χ3v) is 11.0. The summed E-state index contributed by atoms with van der Waals surface area (Å²) in [5, 5.41) is 11.7. The number of rotatable bonds is 7. The number of allylic oxidation sites excluding steroid dienone is 2. The number of hydrazine groups is 1. The van der Waals surface area contributed by atoms with Crippen molar-refractivity contribution in [3.63, 3.8) is 0 Å². The highest BCUT2D eigenvalue weighted by molar-refractivity contribution is 6.36. The van der Waals surface area contributed by atoms with Crippen LogP contribution >= 0.6 is 23.2 Å². The van der Waals surface area contributed by atoms with Crippen LogP contribution in [0.3, 0.4) is 0 Å². The Morgan fingerprint density at radius 1 is 0.979 bits per heavy atom. The first-order valence-corrected chi connectivity index (χ1v) is 16.6. The topological polar surface area (TPSA) is 116 Å². The standard InChI is InChI=1S/C36H32Cl2FN3O6/c1-3-14-41-32(44)23-11-10-22-24(30(23)34(41)46)17-25-33(45)42(40-28-12-7-20(37)16-26(28)38)35(47)36(25,19-5-8-21(48-2)9-6-19)31(22)18-4-13-29(43)27(39)15-18/h4-10,12-13,15-16,23-25,30-31,40,43H,3,11,14,17H2,1-2H3/t23-,24+,25-,30-,31-,36+/m0/s1. The number of halogens is 3. The van der Waals surface area contributed by atoms with Crippen molar-refractivity contribution in [2.24, 2.45) is 23.7 Å². The maximum Gasteiger partial charge on any atom is 0.260 e. The van der Waals surface area contributed by atoms with Crippen LogP contribution < -0.4 is 10.2 Å². The molecule has 3 aromatic carbocycles. The summed E-state index contributed by atoms with van der Waals surface area (Å²) in [5.74, 6) is -6.55. The van der Waals surface area contributed by atoms with Gasteiger partial charge in [-0.15, -0.1) is 0 Å². The number of aromatic hydroxyl groups is 1. The summed E-state index contributed by atoms with van der Waals surface area (Å²) in [5.41, 5.74) is 3.08. The number of phenolic OH excluding ortho intramolecular Hbond substituents is 1. The second-order valence-electron chi connectivity index (χ2n) is 12.8. The molecule has 4 aliphatic rings. The van der Waals surface area contributed by atoms with Gasteiger partial charge in [-0.2, -0.15) is 5.01 Å². The largest absolute Gasteiger partial charge is 0.505 e. The van der Waals surface area contributed by atoms with Crippen LogP contribution in [0, 0.1) is 29.5 Å². The molecule has 2 N–H and O–H groups in total. The molecule has 7 rings (SSSR count). The highest BCUT2D eigenvalue weighted by Crippen LogP contribution is 2.64. The van der Waals surface area contributed by atoms with Gasteiger partial charge < -0.3 is 9.84 Å². The third-order valence-electron chi connectivity index (χ3n) is 10.4. The van der Waals surface area contributed by atoms with Crippen LogP contribution in [-0.2, 0) is 24.6 Å². The summed E-state index contributed by atoms with van der Waals surface area (Å²) >= 11 is 12.6. The Hall–Kier alpha value is -4.41. The second kappa shape index (κ2) is 11.9. The number of hydrogen-bond donors (Lipinski definition) is 2. The van der Waals surface area contributed by atoms with E-state index < -0.39 is 58.4 Å². The minimum Gasteiger partial charge on any atom is -0.505 e. The molecule has 12 heteroatoms. The van der Waals surface area contributed by atoms with Gasteiger partial charge in [0.15, 0.2) is 11.6 Å². The van der Waals surface area contributed by atoms with E-state index in [4.69, 9.17) is 27.9 Å². The van der Waals surface area contributed by atoms with E-state index in [0.717, 1.165) is 5.01 Å². The first-order valence-electron chi connectivity index (χ1n) is 15.8. The molecule has 3 aromatic rings. The smallest absolute Gasteiger partial charge is 0.260 e. The van der Waals surface area contributed by atoms with Crippen LogP contribution in [0.5, 0.6) is 11.5 Å². The number of amides is 4. The first-order chi connectivity index (χ1) is 23.0. The zero-order chi connectivity index (χ0) is 34.1. The molecule has 1 saturated carbocycles. The Morgan fingerprint density at radius 2 is 1.73 bits per heavy atom. The van der Waals surface area contributed by atoms with E-state index in [1.165, 1.54) is 36.3 Å². The van der Waals surface area contributed by atoms with E-state index in [0.29, 0.717) is 33.9 Å². The first kappa shape index (κ1) is 32.2. The number of imide groups is 2. The Labute approximate surface area is 286 Å². The molecule has 2 aliphatic carbocycles. The van der Waals surface area contributed by atoms with Gasteiger partial charge in [0.25, 0.3) is 11.8 Å². The SMILES string of the molecule is CCCN1C(=O)[C@H]2[C@H](CC=C3[C@H]2C[C@H]2C(=O)N(Nc4ccc(Cl)cc4Cl)C(=O)[C@@]2(c2ccc(OC)cc2)[C@H]3c2ccc(O)c(F)c2)C1=O. The molecule has 0 bridgehead atoms. The maximum atomic E-state index is 15.2. The molecule has 2 aliphatic heterocycles. The Morgan fingerprint density at radius 3 is 2.40 bits per heavy atom. The molecule has 4 amide bonds. The van der Waals surface area contributed by atoms with Gasteiger partial charge >= 0.3 is 0 Å². The maximum absolute atomic E-state index is 15.2. The monoisotopic (exact) mass is 691 g/mol. The van der Waals surface area contributed by atoms with E-state index in [1.807, 2.05) is 13.0 Å². The summed E-state index contributed by atoms with van der Waals surface area (Å²) in [6.45, 7) is 2.18. The summed E-state index contributed by atoms with van der Waals surface area (Å²) in [6, 6.07) is 15.4. The molecule has 0 spiro atoms. The molecule has 6 atom stereocenters. The number of fused-ring (bicyclic) bond motifs is 4. The molecule has 0 unspecified atom stereocenters. The lowest BCUT2D eigenvalue weighted by Crippen LogP contribution is -2.53. The van der Waals surface area contributed by atoms with Crippen molar-refractivity contribution < 1.29 is 33.4 Å². The average molecular weight is 693 g/mol. The predicted molar refractivity (Wildman–Crippen MR) is 176 cm³/mol. The van der Waals surface area contributed by atoms with E-state index in [-0.39, 0.29) is 41.9 Å². The number of hydrogen-bond acceptors (Lipinski definition) is 7. The third kappa shape index (κ3) is 4.63. The van der Waals surface area contributed by atoms with Crippen LogP contribution in [0.25, 0.3) is 0 Å². The number of nitrogens with one attached hydrogen (secondary N) is 1. The molecular weight excluding hydrogens is 660 g/mol. The molecule has 248 valence electrons. The molecule has 2 saturated heterocycles. The van der Waals surface area contributed by atoms with Crippen molar-refractivity contribution in [3.8, 4) is 11.5 Å². The molecule has 2 heterocycles. The van der Waals surface area contributed by atoms with Gasteiger partial charge in [-0.1, -0.05) is 60.0 Å². The molecule has 0 aromatic heterocycles. The average Bonchev–Trinajstić information content (AvgIpc) is 3.44. The van der Waals surface area contributed by atoms with Crippen molar-refractivity contribution in [3.05, 3.63) is 99.3 Å². The fourth-order valence-corrected chi connectivity index (χ4v) is 8.88. The van der Waals surface area contributed by atoms with Gasteiger partial charge in [0.1, 0.15) is 5.75 Å². The number of benzene rings is 3. The lowest BCUT2D eigenvalue weighted by Gasteiger charge is -2.50. The number of carbonyl (C=O) groups is 4. The number of anilines is 1. The molecule has 48 heavy (non-hydrogen) atoms. The van der Waals surface area contributed by atoms with Gasteiger partial charge in [-0.05, 0) is 78.8 Å². The van der Waals surface area contributed by atoms with Crippen molar-refractivity contribution in [2.75, 3.05) is 19.1 Å². The summed E-state index contributed by atoms with van der Waals surface area (Å²) in [6.07, 6.45) is 2.84. The quantitative estimate of drug-likeness (QED) is 0.223. The number of phenols is 1. The molecule has 9 nitrogen and oxygen atoms in total. The summed E-state index contributed by atoms with van der Waals surface area (Å²) < 4.78 is 20.6. The van der Waals surface area contributed by atoms with Crippen LogP contribution in [-0.4, -0.2) is 52.3 Å². The minimum absolute atomic E-state index is 0.0895. The minimum atomic E-state index is -1.62. The number of carbonyl (C=O) groups excluding carboxylic acids is 4. The fourth-order valence-electron chi connectivity index (χ4n) is 8.43. The van der Waals surface area contributed by atoms with Crippen LogP contribution in [0.4, 0.5) is 10.1 Å². The normalized spacial score (nSPS) is 27.9. The lowest BCUT2D eigenvalue weighted by atomic mass is 9.49. The van der Waals surface area contributed by atoms with Gasteiger partial charge in [0, 0.05) is 17.5 Å². The molecule has 0 radical (unpaired) electrons. The van der Waals surface area contributed by atoms with Crippen LogP contribution in [0.1, 0.15) is 43.2 Å². The lowest BCUT2D eigenvalue weighted by molar-refractivity contribution is -0.141. The van der Waals surface area contributed by atoms with E-state index >= 15 is 9.18 Å². The van der Waals surface area contributed by atoms with Gasteiger partial charge in [0.05, 0.1) is 41.0 Å². The van der Waals surface area contributed by atoms with Crippen molar-refractivity contribution in [1.82, 2.24) is 9.91 Å². The van der Waals surface area contributed by atoms with Crippen LogP contribution in [0.2, 0.25) is 10.0 Å². The summed E-state index contributed by atoms with van der Waals surface area (Å²) in [4.78, 5) is 58.5. The number of methoxy groups -OCH3 is 1.